The topological polar surface area (TPSA) is 21.3 Å². The highest BCUT2D eigenvalue weighted by Crippen LogP contribution is 2.30. The number of aryl methyl sites for hydroxylation is 1. The molecule has 0 amide bonds. The first-order valence-electron chi connectivity index (χ1n) is 7.15. The van der Waals surface area contributed by atoms with Gasteiger partial charge in [0.1, 0.15) is 5.75 Å². The molecule has 1 aliphatic heterocycles. The molecule has 2 rings (SSSR count). The number of hydrogen-bond donors (Lipinski definition) is 1. The van der Waals surface area contributed by atoms with Crippen LogP contribution < -0.4 is 10.1 Å². The second-order valence-corrected chi connectivity index (χ2v) is 5.33. The van der Waals surface area contributed by atoms with Crippen molar-refractivity contribution in [3.63, 3.8) is 0 Å². The van der Waals surface area contributed by atoms with Gasteiger partial charge in [-0.1, -0.05) is 12.1 Å². The Labute approximate surface area is 111 Å². The minimum atomic E-state index is 0.753. The van der Waals surface area contributed by atoms with Crippen LogP contribution in [0, 0.1) is 19.8 Å². The molecule has 0 unspecified atom stereocenters. The lowest BCUT2D eigenvalue weighted by Crippen LogP contribution is -2.28. The third kappa shape index (κ3) is 3.05. The molecule has 1 fully saturated rings. The first-order chi connectivity index (χ1) is 8.72. The molecule has 1 aromatic carbocycles. The van der Waals surface area contributed by atoms with E-state index in [1.54, 1.807) is 0 Å². The maximum atomic E-state index is 5.87. The first kappa shape index (κ1) is 13.4. The van der Waals surface area contributed by atoms with Crippen molar-refractivity contribution in [2.24, 2.45) is 5.92 Å². The normalized spacial score (nSPS) is 16.8. The molecule has 1 saturated heterocycles. The van der Waals surface area contributed by atoms with E-state index in [0.29, 0.717) is 0 Å². The van der Waals surface area contributed by atoms with Crippen LogP contribution in [0.5, 0.6) is 5.75 Å². The lowest BCUT2D eigenvalue weighted by atomic mass is 9.89. The molecule has 0 atom stereocenters. The van der Waals surface area contributed by atoms with Crippen LogP contribution in [-0.4, -0.2) is 19.7 Å². The Balaban J connectivity index is 2.17. The van der Waals surface area contributed by atoms with Gasteiger partial charge < -0.3 is 10.1 Å². The highest BCUT2D eigenvalue weighted by molar-refractivity contribution is 5.45. The van der Waals surface area contributed by atoms with Gasteiger partial charge in [-0.2, -0.15) is 0 Å². The lowest BCUT2D eigenvalue weighted by Gasteiger charge is -2.24. The van der Waals surface area contributed by atoms with Crippen molar-refractivity contribution < 1.29 is 4.74 Å². The average Bonchev–Trinajstić information content (AvgIpc) is 2.39. The van der Waals surface area contributed by atoms with E-state index in [0.717, 1.165) is 24.7 Å². The zero-order chi connectivity index (χ0) is 13.0. The van der Waals surface area contributed by atoms with Crippen LogP contribution >= 0.6 is 0 Å². The quantitative estimate of drug-likeness (QED) is 0.882. The summed E-state index contributed by atoms with van der Waals surface area (Å²) in [5.74, 6) is 1.95. The zero-order valence-corrected chi connectivity index (χ0v) is 11.9. The number of ether oxygens (including phenoxy) is 1. The summed E-state index contributed by atoms with van der Waals surface area (Å²) < 4.78 is 5.87. The first-order valence-corrected chi connectivity index (χ1v) is 7.15. The Hall–Kier alpha value is -1.02. The molecule has 0 saturated carbocycles. The maximum Gasteiger partial charge on any atom is 0.125 e. The fraction of sp³-hybridized carbons (Fsp3) is 0.625. The van der Waals surface area contributed by atoms with Crippen LogP contribution in [0.1, 0.15) is 36.5 Å². The molecule has 0 spiro atoms. The second kappa shape index (κ2) is 6.24. The SMILES string of the molecule is CCOc1c(CC2CCNCC2)ccc(C)c1C. The van der Waals surface area contributed by atoms with E-state index in [4.69, 9.17) is 4.74 Å². The van der Waals surface area contributed by atoms with Crippen LogP contribution in [0.15, 0.2) is 12.1 Å². The van der Waals surface area contributed by atoms with Gasteiger partial charge in [-0.25, -0.2) is 0 Å². The van der Waals surface area contributed by atoms with Crippen molar-refractivity contribution in [3.05, 3.63) is 28.8 Å². The molecule has 100 valence electrons. The van der Waals surface area contributed by atoms with Crippen molar-refractivity contribution in [1.29, 1.82) is 0 Å². The minimum absolute atomic E-state index is 0.753. The number of nitrogens with one attached hydrogen (secondary N) is 1. The van der Waals surface area contributed by atoms with Crippen molar-refractivity contribution in [2.45, 2.75) is 40.0 Å². The molecular weight excluding hydrogens is 222 g/mol. The van der Waals surface area contributed by atoms with E-state index >= 15 is 0 Å². The summed E-state index contributed by atoms with van der Waals surface area (Å²) in [6.07, 6.45) is 3.75. The monoisotopic (exact) mass is 247 g/mol. The third-order valence-corrected chi connectivity index (χ3v) is 4.01. The van der Waals surface area contributed by atoms with Crippen molar-refractivity contribution in [3.8, 4) is 5.75 Å². The minimum Gasteiger partial charge on any atom is -0.493 e. The summed E-state index contributed by atoms with van der Waals surface area (Å²) in [7, 11) is 0. The second-order valence-electron chi connectivity index (χ2n) is 5.33. The van der Waals surface area contributed by atoms with E-state index in [-0.39, 0.29) is 0 Å². The lowest BCUT2D eigenvalue weighted by molar-refractivity contribution is 0.324. The Morgan fingerprint density at radius 2 is 1.94 bits per heavy atom. The molecule has 0 radical (unpaired) electrons. The van der Waals surface area contributed by atoms with E-state index in [9.17, 15) is 0 Å². The highest BCUT2D eigenvalue weighted by atomic mass is 16.5. The van der Waals surface area contributed by atoms with Gasteiger partial charge in [0.25, 0.3) is 0 Å². The Kier molecular flexibility index (Phi) is 4.65. The summed E-state index contributed by atoms with van der Waals surface area (Å²) in [5.41, 5.74) is 4.03. The van der Waals surface area contributed by atoms with Gasteiger partial charge in [0.2, 0.25) is 0 Å². The third-order valence-electron chi connectivity index (χ3n) is 4.01. The van der Waals surface area contributed by atoms with Crippen molar-refractivity contribution in [2.75, 3.05) is 19.7 Å². The predicted octanol–water partition coefficient (Wildman–Crippen LogP) is 3.24. The van der Waals surface area contributed by atoms with Crippen molar-refractivity contribution in [1.82, 2.24) is 5.32 Å². The van der Waals surface area contributed by atoms with E-state index in [1.165, 1.54) is 42.6 Å². The van der Waals surface area contributed by atoms with Crippen LogP contribution in [0.3, 0.4) is 0 Å². The van der Waals surface area contributed by atoms with Crippen LogP contribution in [0.2, 0.25) is 0 Å². The number of piperidine rings is 1. The summed E-state index contributed by atoms with van der Waals surface area (Å²) in [6.45, 7) is 9.48. The summed E-state index contributed by atoms with van der Waals surface area (Å²) in [5, 5.41) is 3.43. The molecule has 1 heterocycles. The molecule has 1 aromatic rings. The Morgan fingerprint density at radius 1 is 1.22 bits per heavy atom. The molecule has 1 aliphatic rings. The smallest absolute Gasteiger partial charge is 0.125 e. The maximum absolute atomic E-state index is 5.87. The van der Waals surface area contributed by atoms with E-state index in [2.05, 4.69) is 38.2 Å². The summed E-state index contributed by atoms with van der Waals surface area (Å²) in [6, 6.07) is 4.49. The van der Waals surface area contributed by atoms with Crippen LogP contribution in [0.25, 0.3) is 0 Å². The van der Waals surface area contributed by atoms with Gasteiger partial charge in [0.15, 0.2) is 0 Å². The fourth-order valence-corrected chi connectivity index (χ4v) is 2.75. The van der Waals surface area contributed by atoms with Gasteiger partial charge in [0.05, 0.1) is 6.61 Å². The summed E-state index contributed by atoms with van der Waals surface area (Å²) >= 11 is 0. The van der Waals surface area contributed by atoms with Crippen LogP contribution in [-0.2, 0) is 6.42 Å². The molecule has 2 nitrogen and oxygen atoms in total. The van der Waals surface area contributed by atoms with Crippen molar-refractivity contribution >= 4 is 0 Å². The standard InChI is InChI=1S/C16H25NO/c1-4-18-16-13(3)12(2)5-6-15(16)11-14-7-9-17-10-8-14/h5-6,14,17H,4,7-11H2,1-3H3. The number of benzene rings is 1. The molecule has 18 heavy (non-hydrogen) atoms. The Morgan fingerprint density at radius 3 is 2.61 bits per heavy atom. The predicted molar refractivity (Wildman–Crippen MR) is 76.4 cm³/mol. The summed E-state index contributed by atoms with van der Waals surface area (Å²) in [4.78, 5) is 0. The van der Waals surface area contributed by atoms with E-state index in [1.807, 2.05) is 0 Å². The van der Waals surface area contributed by atoms with Gasteiger partial charge in [-0.3, -0.25) is 0 Å². The highest BCUT2D eigenvalue weighted by Gasteiger charge is 2.17. The van der Waals surface area contributed by atoms with Gasteiger partial charge in [-0.05, 0) is 75.7 Å². The molecule has 0 aromatic heterocycles. The average molecular weight is 247 g/mol. The number of hydrogen-bond acceptors (Lipinski definition) is 2. The molecule has 1 N–H and O–H groups in total. The van der Waals surface area contributed by atoms with Crippen LogP contribution in [0.4, 0.5) is 0 Å². The van der Waals surface area contributed by atoms with E-state index < -0.39 is 0 Å². The largest absolute Gasteiger partial charge is 0.493 e. The fourth-order valence-electron chi connectivity index (χ4n) is 2.75. The molecule has 0 bridgehead atoms. The zero-order valence-electron chi connectivity index (χ0n) is 11.9. The van der Waals surface area contributed by atoms with Gasteiger partial charge in [-0.15, -0.1) is 0 Å². The Bertz CT molecular complexity index is 394. The molecular formula is C16H25NO. The van der Waals surface area contributed by atoms with Gasteiger partial charge in [0, 0.05) is 0 Å². The number of rotatable bonds is 4. The molecule has 0 aliphatic carbocycles. The van der Waals surface area contributed by atoms with Gasteiger partial charge >= 0.3 is 0 Å². The molecule has 2 heteroatoms.